The molecule has 0 aromatic rings. The van der Waals surface area contributed by atoms with Crippen LogP contribution in [0.15, 0.2) is 11.6 Å². The van der Waals surface area contributed by atoms with Gasteiger partial charge in [-0.15, -0.1) is 0 Å². The molecule has 3 fully saturated rings. The van der Waals surface area contributed by atoms with Crippen molar-refractivity contribution < 1.29 is 14.6 Å². The summed E-state index contributed by atoms with van der Waals surface area (Å²) in [7, 11) is 0. The standard InChI is InChI=1S/C23H36O3/c1-14(24)19-7-8-20-18-6-5-16-13-17(26-15(2)25)9-11-22(16,3)21(18)10-12-23(19,20)4/h5,14,17-21,24H,6-13H2,1-4H3/t14-,17+,18+,19-,20+,21+,22+,23-/m1/s1. The lowest BCUT2D eigenvalue weighted by atomic mass is 9.47. The van der Waals surface area contributed by atoms with Gasteiger partial charge in [0.05, 0.1) is 6.10 Å². The van der Waals surface area contributed by atoms with Crippen molar-refractivity contribution in [2.75, 3.05) is 0 Å². The second-order valence-corrected chi connectivity index (χ2v) is 10.2. The molecule has 8 atom stereocenters. The molecule has 0 radical (unpaired) electrons. The second-order valence-electron chi connectivity index (χ2n) is 10.2. The van der Waals surface area contributed by atoms with Crippen molar-refractivity contribution in [1.29, 1.82) is 0 Å². The van der Waals surface area contributed by atoms with Gasteiger partial charge in [-0.25, -0.2) is 0 Å². The summed E-state index contributed by atoms with van der Waals surface area (Å²) in [6.45, 7) is 8.49. The Balaban J connectivity index is 1.58. The van der Waals surface area contributed by atoms with Gasteiger partial charge in [-0.1, -0.05) is 25.5 Å². The van der Waals surface area contributed by atoms with Crippen LogP contribution in [0.3, 0.4) is 0 Å². The highest BCUT2D eigenvalue weighted by molar-refractivity contribution is 5.66. The van der Waals surface area contributed by atoms with Gasteiger partial charge < -0.3 is 9.84 Å². The van der Waals surface area contributed by atoms with Crippen LogP contribution in [0.1, 0.15) is 79.1 Å². The number of carbonyl (C=O) groups excluding carboxylic acids is 1. The van der Waals surface area contributed by atoms with Gasteiger partial charge in [-0.05, 0) is 86.4 Å². The summed E-state index contributed by atoms with van der Waals surface area (Å²) >= 11 is 0. The molecule has 0 heterocycles. The smallest absolute Gasteiger partial charge is 0.302 e. The Morgan fingerprint density at radius 3 is 2.65 bits per heavy atom. The largest absolute Gasteiger partial charge is 0.462 e. The van der Waals surface area contributed by atoms with Gasteiger partial charge in [0.1, 0.15) is 6.10 Å². The highest BCUT2D eigenvalue weighted by Crippen LogP contribution is 2.66. The van der Waals surface area contributed by atoms with E-state index in [9.17, 15) is 9.90 Å². The highest BCUT2D eigenvalue weighted by atomic mass is 16.5. The van der Waals surface area contributed by atoms with Crippen LogP contribution >= 0.6 is 0 Å². The van der Waals surface area contributed by atoms with Gasteiger partial charge in [0.2, 0.25) is 0 Å². The maximum atomic E-state index is 11.4. The molecule has 0 bridgehead atoms. The number of allylic oxidation sites excluding steroid dienone is 1. The van der Waals surface area contributed by atoms with E-state index in [1.54, 1.807) is 5.57 Å². The molecule has 4 aliphatic rings. The fourth-order valence-electron chi connectivity index (χ4n) is 7.80. The van der Waals surface area contributed by atoms with E-state index < -0.39 is 0 Å². The normalized spacial score (nSPS) is 48.7. The second kappa shape index (κ2) is 6.36. The maximum Gasteiger partial charge on any atom is 0.302 e. The van der Waals surface area contributed by atoms with Crippen molar-refractivity contribution in [3.8, 4) is 0 Å². The van der Waals surface area contributed by atoms with E-state index in [1.165, 1.54) is 39.0 Å². The lowest BCUT2D eigenvalue weighted by Crippen LogP contribution is -2.51. The number of rotatable bonds is 2. The molecule has 0 saturated heterocycles. The first-order valence-electron chi connectivity index (χ1n) is 10.8. The average Bonchev–Trinajstić information content (AvgIpc) is 2.92. The topological polar surface area (TPSA) is 46.5 Å². The number of carbonyl (C=O) groups is 1. The van der Waals surface area contributed by atoms with E-state index in [4.69, 9.17) is 4.74 Å². The van der Waals surface area contributed by atoms with Gasteiger partial charge in [-0.2, -0.15) is 0 Å². The number of hydrogen-bond acceptors (Lipinski definition) is 3. The quantitative estimate of drug-likeness (QED) is 0.564. The molecule has 146 valence electrons. The Morgan fingerprint density at radius 1 is 1.19 bits per heavy atom. The molecule has 0 unspecified atom stereocenters. The Kier molecular flexibility index (Phi) is 4.53. The van der Waals surface area contributed by atoms with Crippen molar-refractivity contribution in [2.24, 2.45) is 34.5 Å². The fourth-order valence-corrected chi connectivity index (χ4v) is 7.80. The first kappa shape index (κ1) is 18.5. The molecule has 0 aromatic heterocycles. The molecule has 0 aromatic carbocycles. The predicted octanol–water partition coefficient (Wildman–Crippen LogP) is 4.88. The summed E-state index contributed by atoms with van der Waals surface area (Å²) in [6.07, 6.45) is 11.8. The van der Waals surface area contributed by atoms with Crippen LogP contribution in [0.5, 0.6) is 0 Å². The number of ether oxygens (including phenoxy) is 1. The van der Waals surface area contributed by atoms with Crippen molar-refractivity contribution in [3.05, 3.63) is 11.6 Å². The van der Waals surface area contributed by atoms with Gasteiger partial charge in [0.15, 0.2) is 0 Å². The highest BCUT2D eigenvalue weighted by Gasteiger charge is 2.59. The minimum Gasteiger partial charge on any atom is -0.462 e. The molecule has 0 aliphatic heterocycles. The van der Waals surface area contributed by atoms with Crippen molar-refractivity contribution >= 4 is 5.97 Å². The molecular weight excluding hydrogens is 324 g/mol. The Bertz CT molecular complexity index is 609. The van der Waals surface area contributed by atoms with E-state index in [2.05, 4.69) is 19.9 Å². The molecule has 4 aliphatic carbocycles. The number of hydrogen-bond donors (Lipinski definition) is 1. The number of aliphatic hydroxyl groups excluding tert-OH is 1. The van der Waals surface area contributed by atoms with E-state index in [-0.39, 0.29) is 18.2 Å². The third-order valence-electron chi connectivity index (χ3n) is 9.05. The van der Waals surface area contributed by atoms with E-state index in [0.29, 0.717) is 16.7 Å². The van der Waals surface area contributed by atoms with Crippen LogP contribution in [0.25, 0.3) is 0 Å². The zero-order valence-electron chi connectivity index (χ0n) is 17.0. The zero-order chi connectivity index (χ0) is 18.7. The summed E-state index contributed by atoms with van der Waals surface area (Å²) in [5, 5.41) is 10.3. The number of esters is 1. The van der Waals surface area contributed by atoms with Crippen LogP contribution in [-0.4, -0.2) is 23.3 Å². The molecule has 0 spiro atoms. The number of aliphatic hydroxyl groups is 1. The van der Waals surface area contributed by atoms with E-state index >= 15 is 0 Å². The van der Waals surface area contributed by atoms with Crippen molar-refractivity contribution in [3.63, 3.8) is 0 Å². The molecular formula is C23H36O3. The summed E-state index contributed by atoms with van der Waals surface area (Å²) in [5.74, 6) is 2.65. The van der Waals surface area contributed by atoms with Gasteiger partial charge in [0, 0.05) is 13.3 Å². The number of fused-ring (bicyclic) bond motifs is 5. The van der Waals surface area contributed by atoms with Crippen LogP contribution in [0.2, 0.25) is 0 Å². The lowest BCUT2D eigenvalue weighted by molar-refractivity contribution is -0.148. The zero-order valence-corrected chi connectivity index (χ0v) is 17.0. The summed E-state index contributed by atoms with van der Waals surface area (Å²) in [6, 6.07) is 0. The average molecular weight is 361 g/mol. The molecule has 3 saturated carbocycles. The van der Waals surface area contributed by atoms with Crippen LogP contribution in [0, 0.1) is 34.5 Å². The van der Waals surface area contributed by atoms with Gasteiger partial charge >= 0.3 is 5.97 Å². The molecule has 26 heavy (non-hydrogen) atoms. The SMILES string of the molecule is CC(=O)O[C@H]1CC[C@@]2(C)C(=CC[C@H]3[C@@H]4CC[C@H]([C@@H](C)O)[C@@]4(C)CC[C@@H]32)C1. The van der Waals surface area contributed by atoms with Gasteiger partial charge in [-0.3, -0.25) is 4.79 Å². The van der Waals surface area contributed by atoms with Crippen molar-refractivity contribution in [1.82, 2.24) is 0 Å². The first-order valence-corrected chi connectivity index (χ1v) is 10.8. The van der Waals surface area contributed by atoms with Crippen LogP contribution in [0.4, 0.5) is 0 Å². The van der Waals surface area contributed by atoms with Crippen LogP contribution in [-0.2, 0) is 9.53 Å². The fraction of sp³-hybridized carbons (Fsp3) is 0.870. The monoisotopic (exact) mass is 360 g/mol. The lowest BCUT2D eigenvalue weighted by Gasteiger charge is -2.58. The van der Waals surface area contributed by atoms with E-state index in [0.717, 1.165) is 37.0 Å². The first-order chi connectivity index (χ1) is 12.3. The minimum absolute atomic E-state index is 0.0864. The Labute approximate surface area is 158 Å². The van der Waals surface area contributed by atoms with E-state index in [1.807, 2.05) is 6.92 Å². The predicted molar refractivity (Wildman–Crippen MR) is 102 cm³/mol. The van der Waals surface area contributed by atoms with Crippen molar-refractivity contribution in [2.45, 2.75) is 91.3 Å². The van der Waals surface area contributed by atoms with Gasteiger partial charge in [0.25, 0.3) is 0 Å². The molecule has 0 amide bonds. The molecule has 1 N–H and O–H groups in total. The third kappa shape index (κ3) is 2.68. The minimum atomic E-state index is -0.175. The Morgan fingerprint density at radius 2 is 1.96 bits per heavy atom. The van der Waals surface area contributed by atoms with Crippen LogP contribution < -0.4 is 0 Å². The molecule has 3 nitrogen and oxygen atoms in total. The molecule has 4 rings (SSSR count). The summed E-state index contributed by atoms with van der Waals surface area (Å²) in [4.78, 5) is 11.4. The third-order valence-corrected chi connectivity index (χ3v) is 9.05. The summed E-state index contributed by atoms with van der Waals surface area (Å²) in [5.41, 5.74) is 2.18. The summed E-state index contributed by atoms with van der Waals surface area (Å²) < 4.78 is 5.54. The Hall–Kier alpha value is -0.830. The molecule has 3 heteroatoms. The maximum absolute atomic E-state index is 11.4.